The SMILES string of the molecule is COCC(C)(C)CC1CCC1O. The number of ether oxygens (including phenoxy) is 1. The highest BCUT2D eigenvalue weighted by Crippen LogP contribution is 2.37. The monoisotopic (exact) mass is 172 g/mol. The Morgan fingerprint density at radius 3 is 2.42 bits per heavy atom. The number of rotatable bonds is 4. The Hall–Kier alpha value is -0.0800. The first-order chi connectivity index (χ1) is 5.55. The molecule has 1 N–H and O–H groups in total. The van der Waals surface area contributed by atoms with Crippen LogP contribution < -0.4 is 0 Å². The number of methoxy groups -OCH3 is 1. The zero-order chi connectivity index (χ0) is 9.19. The second-order valence-electron chi connectivity index (χ2n) is 4.71. The average molecular weight is 172 g/mol. The Labute approximate surface area is 74.9 Å². The summed E-state index contributed by atoms with van der Waals surface area (Å²) in [6, 6.07) is 0. The minimum atomic E-state index is -0.0406. The molecule has 0 aromatic heterocycles. The van der Waals surface area contributed by atoms with E-state index in [1.54, 1.807) is 7.11 Å². The maximum atomic E-state index is 9.40. The molecule has 2 unspecified atom stereocenters. The van der Waals surface area contributed by atoms with Gasteiger partial charge < -0.3 is 9.84 Å². The first-order valence-electron chi connectivity index (χ1n) is 4.72. The van der Waals surface area contributed by atoms with Crippen molar-refractivity contribution in [2.45, 2.75) is 39.2 Å². The van der Waals surface area contributed by atoms with Crippen molar-refractivity contribution in [2.24, 2.45) is 11.3 Å². The molecule has 1 aliphatic carbocycles. The predicted molar refractivity (Wildman–Crippen MR) is 49.0 cm³/mol. The van der Waals surface area contributed by atoms with Crippen molar-refractivity contribution >= 4 is 0 Å². The molecule has 1 fully saturated rings. The molecule has 0 radical (unpaired) electrons. The van der Waals surface area contributed by atoms with E-state index in [1.807, 2.05) is 0 Å². The number of hydrogen-bond acceptors (Lipinski definition) is 2. The van der Waals surface area contributed by atoms with Crippen molar-refractivity contribution in [3.63, 3.8) is 0 Å². The molecular formula is C10H20O2. The molecule has 2 atom stereocenters. The molecule has 0 aromatic carbocycles. The summed E-state index contributed by atoms with van der Waals surface area (Å²) in [6.07, 6.45) is 3.23. The maximum absolute atomic E-state index is 9.40. The lowest BCUT2D eigenvalue weighted by molar-refractivity contribution is -0.0154. The fraction of sp³-hybridized carbons (Fsp3) is 1.00. The van der Waals surface area contributed by atoms with Gasteiger partial charge in [0, 0.05) is 7.11 Å². The molecule has 0 spiro atoms. The van der Waals surface area contributed by atoms with E-state index in [-0.39, 0.29) is 11.5 Å². The van der Waals surface area contributed by atoms with Crippen LogP contribution in [0.5, 0.6) is 0 Å². The summed E-state index contributed by atoms with van der Waals surface area (Å²) in [7, 11) is 1.74. The second-order valence-corrected chi connectivity index (χ2v) is 4.71. The van der Waals surface area contributed by atoms with Gasteiger partial charge in [-0.2, -0.15) is 0 Å². The lowest BCUT2D eigenvalue weighted by Gasteiger charge is -2.38. The van der Waals surface area contributed by atoms with Crippen LogP contribution in [-0.4, -0.2) is 24.9 Å². The molecule has 0 aliphatic heterocycles. The van der Waals surface area contributed by atoms with E-state index in [2.05, 4.69) is 13.8 Å². The van der Waals surface area contributed by atoms with E-state index >= 15 is 0 Å². The maximum Gasteiger partial charge on any atom is 0.0568 e. The topological polar surface area (TPSA) is 29.5 Å². The normalized spacial score (nSPS) is 30.0. The first kappa shape index (κ1) is 10.0. The summed E-state index contributed by atoms with van der Waals surface area (Å²) in [5.41, 5.74) is 0.223. The Morgan fingerprint density at radius 1 is 1.42 bits per heavy atom. The van der Waals surface area contributed by atoms with Gasteiger partial charge in [-0.05, 0) is 30.6 Å². The molecule has 0 aromatic rings. The van der Waals surface area contributed by atoms with Crippen LogP contribution in [0.25, 0.3) is 0 Å². The van der Waals surface area contributed by atoms with Crippen LogP contribution in [-0.2, 0) is 4.74 Å². The molecule has 72 valence electrons. The number of hydrogen-bond donors (Lipinski definition) is 1. The van der Waals surface area contributed by atoms with Crippen molar-refractivity contribution in [3.8, 4) is 0 Å². The van der Waals surface area contributed by atoms with Crippen LogP contribution in [0.4, 0.5) is 0 Å². The zero-order valence-corrected chi connectivity index (χ0v) is 8.34. The highest BCUT2D eigenvalue weighted by Gasteiger charge is 2.33. The smallest absolute Gasteiger partial charge is 0.0568 e. The van der Waals surface area contributed by atoms with Gasteiger partial charge in [0.05, 0.1) is 12.7 Å². The fourth-order valence-corrected chi connectivity index (χ4v) is 1.95. The van der Waals surface area contributed by atoms with E-state index in [1.165, 1.54) is 6.42 Å². The van der Waals surface area contributed by atoms with E-state index in [0.717, 1.165) is 19.4 Å². The average Bonchev–Trinajstić information content (AvgIpc) is 1.98. The molecule has 0 heterocycles. The number of aliphatic hydroxyl groups is 1. The van der Waals surface area contributed by atoms with E-state index in [9.17, 15) is 5.11 Å². The van der Waals surface area contributed by atoms with E-state index < -0.39 is 0 Å². The Morgan fingerprint density at radius 2 is 2.08 bits per heavy atom. The van der Waals surface area contributed by atoms with Gasteiger partial charge in [-0.3, -0.25) is 0 Å². The molecule has 2 nitrogen and oxygen atoms in total. The van der Waals surface area contributed by atoms with Crippen molar-refractivity contribution in [3.05, 3.63) is 0 Å². The Bertz CT molecular complexity index is 143. The quantitative estimate of drug-likeness (QED) is 0.701. The van der Waals surface area contributed by atoms with Crippen LogP contribution in [0.2, 0.25) is 0 Å². The van der Waals surface area contributed by atoms with Gasteiger partial charge in [-0.15, -0.1) is 0 Å². The summed E-state index contributed by atoms with van der Waals surface area (Å²) < 4.78 is 5.13. The molecule has 1 saturated carbocycles. The molecular weight excluding hydrogens is 152 g/mol. The predicted octanol–water partition coefficient (Wildman–Crippen LogP) is 1.82. The lowest BCUT2D eigenvalue weighted by Crippen LogP contribution is -2.36. The lowest BCUT2D eigenvalue weighted by atomic mass is 9.72. The van der Waals surface area contributed by atoms with E-state index in [0.29, 0.717) is 5.92 Å². The molecule has 1 aliphatic rings. The van der Waals surface area contributed by atoms with Crippen LogP contribution >= 0.6 is 0 Å². The van der Waals surface area contributed by atoms with Gasteiger partial charge in [-0.1, -0.05) is 13.8 Å². The van der Waals surface area contributed by atoms with Crippen LogP contribution in [0.1, 0.15) is 33.1 Å². The summed E-state index contributed by atoms with van der Waals surface area (Å²) >= 11 is 0. The van der Waals surface area contributed by atoms with Crippen LogP contribution in [0.15, 0.2) is 0 Å². The van der Waals surface area contributed by atoms with Gasteiger partial charge in [0.2, 0.25) is 0 Å². The van der Waals surface area contributed by atoms with Crippen molar-refractivity contribution < 1.29 is 9.84 Å². The summed E-state index contributed by atoms with van der Waals surface area (Å²) in [6.45, 7) is 5.18. The molecule has 0 bridgehead atoms. The summed E-state index contributed by atoms with van der Waals surface area (Å²) in [5.74, 6) is 0.523. The third-order valence-electron chi connectivity index (χ3n) is 2.73. The standard InChI is InChI=1S/C10H20O2/c1-10(2,7-12-3)6-8-4-5-9(8)11/h8-9,11H,4-7H2,1-3H3. The highest BCUT2D eigenvalue weighted by molar-refractivity contribution is 4.84. The minimum Gasteiger partial charge on any atom is -0.393 e. The fourth-order valence-electron chi connectivity index (χ4n) is 1.95. The van der Waals surface area contributed by atoms with Gasteiger partial charge in [0.1, 0.15) is 0 Å². The van der Waals surface area contributed by atoms with Crippen molar-refractivity contribution in [2.75, 3.05) is 13.7 Å². The van der Waals surface area contributed by atoms with Gasteiger partial charge in [0.15, 0.2) is 0 Å². The Kier molecular flexibility index (Phi) is 3.13. The first-order valence-corrected chi connectivity index (χ1v) is 4.72. The van der Waals surface area contributed by atoms with Crippen molar-refractivity contribution in [1.82, 2.24) is 0 Å². The number of aliphatic hydroxyl groups excluding tert-OH is 1. The van der Waals surface area contributed by atoms with Gasteiger partial charge in [0.25, 0.3) is 0 Å². The van der Waals surface area contributed by atoms with Crippen LogP contribution in [0.3, 0.4) is 0 Å². The summed E-state index contributed by atoms with van der Waals surface area (Å²) in [5, 5.41) is 9.40. The zero-order valence-electron chi connectivity index (χ0n) is 8.34. The second kappa shape index (κ2) is 3.75. The molecule has 1 rings (SSSR count). The molecule has 0 amide bonds. The molecule has 2 heteroatoms. The van der Waals surface area contributed by atoms with E-state index in [4.69, 9.17) is 4.74 Å². The Balaban J connectivity index is 2.28. The third kappa shape index (κ3) is 2.46. The van der Waals surface area contributed by atoms with Gasteiger partial charge >= 0.3 is 0 Å². The largest absolute Gasteiger partial charge is 0.393 e. The minimum absolute atomic E-state index is 0.0406. The van der Waals surface area contributed by atoms with Crippen molar-refractivity contribution in [1.29, 1.82) is 0 Å². The van der Waals surface area contributed by atoms with Gasteiger partial charge in [-0.25, -0.2) is 0 Å². The molecule has 12 heavy (non-hydrogen) atoms. The highest BCUT2D eigenvalue weighted by atomic mass is 16.5. The van der Waals surface area contributed by atoms with Crippen LogP contribution in [0, 0.1) is 11.3 Å². The molecule has 0 saturated heterocycles. The summed E-state index contributed by atoms with van der Waals surface area (Å²) in [4.78, 5) is 0. The third-order valence-corrected chi connectivity index (χ3v) is 2.73.